The summed E-state index contributed by atoms with van der Waals surface area (Å²) in [7, 11) is 0. The molecule has 108 valence electrons. The van der Waals surface area contributed by atoms with Gasteiger partial charge in [0, 0.05) is 37.6 Å². The van der Waals surface area contributed by atoms with Crippen molar-refractivity contribution in [3.05, 3.63) is 0 Å². The summed E-state index contributed by atoms with van der Waals surface area (Å²) in [6.45, 7) is 7.36. The number of carbonyl (C=O) groups is 1. The van der Waals surface area contributed by atoms with Crippen molar-refractivity contribution in [3.63, 3.8) is 0 Å². The molecule has 0 aromatic carbocycles. The van der Waals surface area contributed by atoms with Crippen LogP contribution >= 0.6 is 0 Å². The Labute approximate surface area is 116 Å². The molecular weight excluding hydrogens is 238 g/mol. The third kappa shape index (κ3) is 2.79. The van der Waals surface area contributed by atoms with Crippen molar-refractivity contribution >= 4 is 5.91 Å². The highest BCUT2D eigenvalue weighted by Crippen LogP contribution is 2.27. The van der Waals surface area contributed by atoms with Crippen LogP contribution in [-0.2, 0) is 4.79 Å². The molecule has 4 heteroatoms. The number of hydrogen-bond acceptors (Lipinski definition) is 3. The average molecular weight is 265 g/mol. The molecule has 2 aliphatic heterocycles. The van der Waals surface area contributed by atoms with Gasteiger partial charge in [-0.25, -0.2) is 0 Å². The first-order valence-corrected chi connectivity index (χ1v) is 8.01. The van der Waals surface area contributed by atoms with Crippen LogP contribution in [0.15, 0.2) is 0 Å². The quantitative estimate of drug-likeness (QED) is 0.811. The molecule has 0 spiro atoms. The molecule has 0 unspecified atom stereocenters. The lowest BCUT2D eigenvalue weighted by Gasteiger charge is -2.47. The molecule has 0 bridgehead atoms. The minimum atomic E-state index is 0.277. The van der Waals surface area contributed by atoms with Gasteiger partial charge in [0.25, 0.3) is 0 Å². The summed E-state index contributed by atoms with van der Waals surface area (Å²) in [5.74, 6) is 0.696. The van der Waals surface area contributed by atoms with E-state index in [1.54, 1.807) is 0 Å². The fourth-order valence-corrected chi connectivity index (χ4v) is 3.70. The number of piperazine rings is 1. The lowest BCUT2D eigenvalue weighted by atomic mass is 9.90. The summed E-state index contributed by atoms with van der Waals surface area (Å²) in [5.41, 5.74) is 0. The van der Waals surface area contributed by atoms with E-state index < -0.39 is 0 Å². The Morgan fingerprint density at radius 3 is 2.42 bits per heavy atom. The van der Waals surface area contributed by atoms with Crippen LogP contribution in [0.1, 0.15) is 39.0 Å². The van der Waals surface area contributed by atoms with Crippen molar-refractivity contribution in [3.8, 4) is 0 Å². The van der Waals surface area contributed by atoms with Gasteiger partial charge < -0.3 is 10.2 Å². The maximum atomic E-state index is 12.6. The summed E-state index contributed by atoms with van der Waals surface area (Å²) >= 11 is 0. The van der Waals surface area contributed by atoms with Crippen LogP contribution in [0.4, 0.5) is 0 Å². The fraction of sp³-hybridized carbons (Fsp3) is 0.933. The number of nitrogens with one attached hydrogen (secondary N) is 1. The number of carbonyl (C=O) groups excluding carboxylic acids is 1. The van der Waals surface area contributed by atoms with Gasteiger partial charge in [-0.05, 0) is 45.7 Å². The number of hydrogen-bond donors (Lipinski definition) is 1. The van der Waals surface area contributed by atoms with Crippen LogP contribution in [0.3, 0.4) is 0 Å². The second kappa shape index (κ2) is 5.80. The third-order valence-electron chi connectivity index (χ3n) is 5.22. The predicted octanol–water partition coefficient (Wildman–Crippen LogP) is 1.07. The predicted molar refractivity (Wildman–Crippen MR) is 76.0 cm³/mol. The van der Waals surface area contributed by atoms with Crippen LogP contribution in [0.5, 0.6) is 0 Å². The van der Waals surface area contributed by atoms with E-state index in [4.69, 9.17) is 0 Å². The summed E-state index contributed by atoms with van der Waals surface area (Å²) in [5, 5.41) is 3.34. The zero-order chi connectivity index (χ0) is 13.2. The summed E-state index contributed by atoms with van der Waals surface area (Å²) in [4.78, 5) is 17.4. The molecule has 2 saturated heterocycles. The summed E-state index contributed by atoms with van der Waals surface area (Å²) in [6, 6.07) is 1.22. The lowest BCUT2D eigenvalue weighted by Crippen LogP contribution is -2.59. The van der Waals surface area contributed by atoms with Gasteiger partial charge in [-0.15, -0.1) is 0 Å². The lowest BCUT2D eigenvalue weighted by molar-refractivity contribution is -0.141. The molecule has 0 aromatic heterocycles. The Bertz CT molecular complexity index is 323. The van der Waals surface area contributed by atoms with Crippen molar-refractivity contribution in [1.29, 1.82) is 0 Å². The van der Waals surface area contributed by atoms with E-state index >= 15 is 0 Å². The first-order chi connectivity index (χ1) is 9.25. The van der Waals surface area contributed by atoms with Gasteiger partial charge in [-0.1, -0.05) is 6.42 Å². The average Bonchev–Trinajstić information content (AvgIpc) is 2.37. The Hall–Kier alpha value is -0.610. The Kier molecular flexibility index (Phi) is 4.08. The monoisotopic (exact) mass is 265 g/mol. The minimum Gasteiger partial charge on any atom is -0.337 e. The van der Waals surface area contributed by atoms with Gasteiger partial charge in [0.2, 0.25) is 5.91 Å². The molecule has 1 amide bonds. The SMILES string of the molecule is C[C@H]1CN(C2CCC2)CCN1C(=O)C1CCNCC1. The molecule has 1 N–H and O–H groups in total. The van der Waals surface area contributed by atoms with E-state index in [2.05, 4.69) is 22.0 Å². The van der Waals surface area contributed by atoms with E-state index in [1.807, 2.05) is 0 Å². The molecule has 0 aromatic rings. The molecule has 19 heavy (non-hydrogen) atoms. The summed E-state index contributed by atoms with van der Waals surface area (Å²) < 4.78 is 0. The van der Waals surface area contributed by atoms with Crippen molar-refractivity contribution in [2.75, 3.05) is 32.7 Å². The van der Waals surface area contributed by atoms with Gasteiger partial charge in [0.05, 0.1) is 0 Å². The number of piperidine rings is 1. The van der Waals surface area contributed by atoms with Crippen LogP contribution in [-0.4, -0.2) is 60.5 Å². The molecule has 2 heterocycles. The van der Waals surface area contributed by atoms with Crippen molar-refractivity contribution in [2.24, 2.45) is 5.92 Å². The molecule has 3 aliphatic rings. The maximum absolute atomic E-state index is 12.6. The van der Waals surface area contributed by atoms with E-state index in [9.17, 15) is 4.79 Å². The van der Waals surface area contributed by atoms with Crippen molar-refractivity contribution < 1.29 is 4.79 Å². The standard InChI is InChI=1S/C15H27N3O/c1-12-11-17(14-3-2-4-14)9-10-18(12)15(19)13-5-7-16-8-6-13/h12-14,16H,2-11H2,1H3/t12-/m0/s1. The smallest absolute Gasteiger partial charge is 0.226 e. The Morgan fingerprint density at radius 1 is 1.11 bits per heavy atom. The normalized spacial score (nSPS) is 31.2. The van der Waals surface area contributed by atoms with Gasteiger partial charge in [0.15, 0.2) is 0 Å². The second-order valence-corrected chi connectivity index (χ2v) is 6.48. The van der Waals surface area contributed by atoms with E-state index in [0.29, 0.717) is 11.9 Å². The van der Waals surface area contributed by atoms with E-state index in [0.717, 1.165) is 51.6 Å². The highest BCUT2D eigenvalue weighted by molar-refractivity contribution is 5.79. The molecular formula is C15H27N3O. The van der Waals surface area contributed by atoms with Crippen LogP contribution in [0.25, 0.3) is 0 Å². The number of rotatable bonds is 2. The van der Waals surface area contributed by atoms with Gasteiger partial charge in [-0.2, -0.15) is 0 Å². The number of amides is 1. The van der Waals surface area contributed by atoms with Crippen LogP contribution < -0.4 is 5.32 Å². The molecule has 1 aliphatic carbocycles. The highest BCUT2D eigenvalue weighted by Gasteiger charge is 2.35. The van der Waals surface area contributed by atoms with E-state index in [1.165, 1.54) is 19.3 Å². The zero-order valence-electron chi connectivity index (χ0n) is 12.1. The van der Waals surface area contributed by atoms with Gasteiger partial charge in [0.1, 0.15) is 0 Å². The Balaban J connectivity index is 1.55. The molecule has 1 atom stereocenters. The molecule has 1 saturated carbocycles. The molecule has 3 rings (SSSR count). The summed E-state index contributed by atoms with van der Waals surface area (Å²) in [6.07, 6.45) is 6.18. The first kappa shape index (κ1) is 13.4. The van der Waals surface area contributed by atoms with Crippen LogP contribution in [0, 0.1) is 5.92 Å². The van der Waals surface area contributed by atoms with Crippen molar-refractivity contribution in [1.82, 2.24) is 15.1 Å². The third-order valence-corrected chi connectivity index (χ3v) is 5.22. The largest absolute Gasteiger partial charge is 0.337 e. The van der Waals surface area contributed by atoms with E-state index in [-0.39, 0.29) is 5.92 Å². The molecule has 3 fully saturated rings. The van der Waals surface area contributed by atoms with Gasteiger partial charge >= 0.3 is 0 Å². The number of nitrogens with zero attached hydrogens (tertiary/aromatic N) is 2. The first-order valence-electron chi connectivity index (χ1n) is 8.01. The molecule has 4 nitrogen and oxygen atoms in total. The fourth-order valence-electron chi connectivity index (χ4n) is 3.70. The zero-order valence-corrected chi connectivity index (χ0v) is 12.1. The van der Waals surface area contributed by atoms with Gasteiger partial charge in [-0.3, -0.25) is 9.69 Å². The minimum absolute atomic E-state index is 0.277. The topological polar surface area (TPSA) is 35.6 Å². The highest BCUT2D eigenvalue weighted by atomic mass is 16.2. The maximum Gasteiger partial charge on any atom is 0.226 e. The second-order valence-electron chi connectivity index (χ2n) is 6.48. The molecule has 0 radical (unpaired) electrons. The Morgan fingerprint density at radius 2 is 1.84 bits per heavy atom. The van der Waals surface area contributed by atoms with Crippen molar-refractivity contribution in [2.45, 2.75) is 51.1 Å². The van der Waals surface area contributed by atoms with Crippen LogP contribution in [0.2, 0.25) is 0 Å².